The van der Waals surface area contributed by atoms with Crippen molar-refractivity contribution in [3.8, 4) is 0 Å². The van der Waals surface area contributed by atoms with Crippen LogP contribution in [0.4, 0.5) is 5.69 Å². The molecule has 3 rings (SSSR count). The van der Waals surface area contributed by atoms with Crippen LogP contribution < -0.4 is 10.6 Å². The Hall–Kier alpha value is -1.07. The number of esters is 1. The normalized spacial score (nSPS) is 28.8. The van der Waals surface area contributed by atoms with E-state index in [1.807, 2.05) is 18.2 Å². The fourth-order valence-corrected chi connectivity index (χ4v) is 3.57. The minimum Gasteiger partial charge on any atom is -0.469 e. The maximum absolute atomic E-state index is 12.2. The van der Waals surface area contributed by atoms with Crippen LogP contribution in [0.5, 0.6) is 0 Å². The number of hydrogen-bond donors (Lipinski definition) is 2. The average Bonchev–Trinajstić information content (AvgIpc) is 2.44. The van der Waals surface area contributed by atoms with Crippen molar-refractivity contribution in [3.63, 3.8) is 0 Å². The van der Waals surface area contributed by atoms with Gasteiger partial charge in [-0.25, -0.2) is 0 Å². The number of benzene rings is 1. The Morgan fingerprint density at radius 1 is 1.47 bits per heavy atom. The number of halogens is 1. The van der Waals surface area contributed by atoms with E-state index >= 15 is 0 Å². The van der Waals surface area contributed by atoms with Crippen LogP contribution in [0.3, 0.4) is 0 Å². The molecule has 3 atom stereocenters. The molecule has 0 aliphatic carbocycles. The van der Waals surface area contributed by atoms with Crippen LogP contribution in [0.15, 0.2) is 22.7 Å². The molecule has 0 amide bonds. The number of methoxy groups -OCH3 is 1. The molecule has 2 heterocycles. The summed E-state index contributed by atoms with van der Waals surface area (Å²) in [5.41, 5.74) is 2.09. The van der Waals surface area contributed by atoms with Crippen LogP contribution in [0.2, 0.25) is 0 Å². The highest BCUT2D eigenvalue weighted by Crippen LogP contribution is 2.41. The first-order chi connectivity index (χ1) is 9.20. The van der Waals surface area contributed by atoms with Crippen LogP contribution >= 0.6 is 15.9 Å². The lowest BCUT2D eigenvalue weighted by molar-refractivity contribution is -0.144. The quantitative estimate of drug-likeness (QED) is 0.777. The van der Waals surface area contributed by atoms with Crippen molar-refractivity contribution in [1.29, 1.82) is 0 Å². The van der Waals surface area contributed by atoms with Gasteiger partial charge in [-0.2, -0.15) is 0 Å². The lowest BCUT2D eigenvalue weighted by atomic mass is 9.75. The summed E-state index contributed by atoms with van der Waals surface area (Å²) in [5.74, 6) is -0.0703. The zero-order valence-electron chi connectivity index (χ0n) is 10.8. The molecule has 1 saturated heterocycles. The van der Waals surface area contributed by atoms with Gasteiger partial charge in [0.2, 0.25) is 0 Å². The summed E-state index contributed by atoms with van der Waals surface area (Å²) in [4.78, 5) is 12.2. The Morgan fingerprint density at radius 2 is 2.32 bits per heavy atom. The average molecular weight is 325 g/mol. The van der Waals surface area contributed by atoms with E-state index in [2.05, 4.69) is 26.6 Å². The van der Waals surface area contributed by atoms with Gasteiger partial charge in [0.1, 0.15) is 0 Å². The van der Waals surface area contributed by atoms with E-state index < -0.39 is 0 Å². The van der Waals surface area contributed by atoms with Crippen LogP contribution in [-0.2, 0) is 9.53 Å². The summed E-state index contributed by atoms with van der Waals surface area (Å²) in [6.45, 7) is 1.84. The number of ether oxygens (including phenoxy) is 1. The SMILES string of the molecule is COC(=O)C1c2cc(Br)ccc2NC2CCNCC21. The van der Waals surface area contributed by atoms with Gasteiger partial charge in [0.05, 0.1) is 13.0 Å². The maximum atomic E-state index is 12.2. The summed E-state index contributed by atoms with van der Waals surface area (Å²) in [7, 11) is 1.47. The van der Waals surface area contributed by atoms with Crippen molar-refractivity contribution in [2.24, 2.45) is 5.92 Å². The highest BCUT2D eigenvalue weighted by molar-refractivity contribution is 9.10. The van der Waals surface area contributed by atoms with Crippen molar-refractivity contribution in [2.75, 3.05) is 25.5 Å². The number of carbonyl (C=O) groups excluding carboxylic acids is 1. The fraction of sp³-hybridized carbons (Fsp3) is 0.500. The minimum atomic E-state index is -0.184. The Kier molecular flexibility index (Phi) is 3.50. The predicted octanol–water partition coefficient (Wildman–Crippen LogP) is 2.11. The van der Waals surface area contributed by atoms with Crippen molar-refractivity contribution in [1.82, 2.24) is 5.32 Å². The van der Waals surface area contributed by atoms with E-state index in [0.717, 1.165) is 35.2 Å². The van der Waals surface area contributed by atoms with Gasteiger partial charge in [-0.3, -0.25) is 4.79 Å². The van der Waals surface area contributed by atoms with Crippen molar-refractivity contribution >= 4 is 27.6 Å². The first kappa shape index (κ1) is 12.9. The van der Waals surface area contributed by atoms with Gasteiger partial charge < -0.3 is 15.4 Å². The molecule has 1 fully saturated rings. The van der Waals surface area contributed by atoms with E-state index in [1.54, 1.807) is 0 Å². The minimum absolute atomic E-state index is 0.139. The summed E-state index contributed by atoms with van der Waals surface area (Å²) in [6, 6.07) is 6.41. The zero-order chi connectivity index (χ0) is 13.4. The number of hydrogen-bond acceptors (Lipinski definition) is 4. The molecular weight excluding hydrogens is 308 g/mol. The molecule has 1 aromatic carbocycles. The van der Waals surface area contributed by atoms with E-state index in [1.165, 1.54) is 7.11 Å². The summed E-state index contributed by atoms with van der Waals surface area (Å²) >= 11 is 3.48. The monoisotopic (exact) mass is 324 g/mol. The van der Waals surface area contributed by atoms with Crippen molar-refractivity contribution in [2.45, 2.75) is 18.4 Å². The largest absolute Gasteiger partial charge is 0.469 e. The lowest BCUT2D eigenvalue weighted by Crippen LogP contribution is -2.50. The Balaban J connectivity index is 2.06. The number of anilines is 1. The summed E-state index contributed by atoms with van der Waals surface area (Å²) < 4.78 is 6.02. The number of rotatable bonds is 1. The topological polar surface area (TPSA) is 50.4 Å². The van der Waals surface area contributed by atoms with E-state index in [-0.39, 0.29) is 17.8 Å². The van der Waals surface area contributed by atoms with Gasteiger partial charge in [0.15, 0.2) is 0 Å². The highest BCUT2D eigenvalue weighted by Gasteiger charge is 2.42. The van der Waals surface area contributed by atoms with Gasteiger partial charge in [-0.05, 0) is 36.7 Å². The van der Waals surface area contributed by atoms with Crippen LogP contribution in [0.1, 0.15) is 17.9 Å². The molecule has 5 heteroatoms. The first-order valence-electron chi connectivity index (χ1n) is 6.55. The number of piperidine rings is 1. The zero-order valence-corrected chi connectivity index (χ0v) is 12.4. The van der Waals surface area contributed by atoms with Crippen molar-refractivity contribution in [3.05, 3.63) is 28.2 Å². The Bertz CT molecular complexity index is 506. The second kappa shape index (κ2) is 5.13. The second-order valence-electron chi connectivity index (χ2n) is 5.14. The van der Waals surface area contributed by atoms with Gasteiger partial charge in [-0.15, -0.1) is 0 Å². The summed E-state index contributed by atoms with van der Waals surface area (Å²) in [5, 5.41) is 6.95. The second-order valence-corrected chi connectivity index (χ2v) is 6.06. The van der Waals surface area contributed by atoms with Gasteiger partial charge >= 0.3 is 5.97 Å². The third kappa shape index (κ3) is 2.25. The number of fused-ring (bicyclic) bond motifs is 2. The Labute approximate surface area is 121 Å². The van der Waals surface area contributed by atoms with Gasteiger partial charge in [0.25, 0.3) is 0 Å². The molecule has 0 saturated carbocycles. The van der Waals surface area contributed by atoms with Crippen LogP contribution in [0.25, 0.3) is 0 Å². The molecule has 0 bridgehead atoms. The molecule has 4 nitrogen and oxygen atoms in total. The van der Waals surface area contributed by atoms with E-state index in [9.17, 15) is 4.79 Å². The molecule has 102 valence electrons. The summed E-state index contributed by atoms with van der Waals surface area (Å²) in [6.07, 6.45) is 1.04. The van der Waals surface area contributed by atoms with Crippen LogP contribution in [0, 0.1) is 5.92 Å². The highest BCUT2D eigenvalue weighted by atomic mass is 79.9. The third-order valence-corrected chi connectivity index (χ3v) is 4.60. The molecule has 1 aromatic rings. The smallest absolute Gasteiger partial charge is 0.313 e. The molecule has 19 heavy (non-hydrogen) atoms. The predicted molar refractivity (Wildman–Crippen MR) is 77.3 cm³/mol. The fourth-order valence-electron chi connectivity index (χ4n) is 3.19. The molecule has 0 aromatic heterocycles. The van der Waals surface area contributed by atoms with E-state index in [4.69, 9.17) is 4.74 Å². The maximum Gasteiger partial charge on any atom is 0.313 e. The van der Waals surface area contributed by atoms with E-state index in [0.29, 0.717) is 6.04 Å². The van der Waals surface area contributed by atoms with Gasteiger partial charge in [-0.1, -0.05) is 15.9 Å². The Morgan fingerprint density at radius 3 is 3.11 bits per heavy atom. The molecule has 2 N–H and O–H groups in total. The van der Waals surface area contributed by atoms with Gasteiger partial charge in [0, 0.05) is 28.7 Å². The molecular formula is C14H17BrN2O2. The molecule has 2 aliphatic heterocycles. The lowest BCUT2D eigenvalue weighted by Gasteiger charge is -2.42. The third-order valence-electron chi connectivity index (χ3n) is 4.10. The van der Waals surface area contributed by atoms with Crippen LogP contribution in [-0.4, -0.2) is 32.2 Å². The number of nitrogens with one attached hydrogen (secondary N) is 2. The van der Waals surface area contributed by atoms with Crippen molar-refractivity contribution < 1.29 is 9.53 Å². The number of carbonyl (C=O) groups is 1. The molecule has 2 aliphatic rings. The molecule has 3 unspecified atom stereocenters. The first-order valence-corrected chi connectivity index (χ1v) is 7.34. The molecule has 0 radical (unpaired) electrons. The standard InChI is InChI=1S/C14H17BrN2O2/c1-19-14(18)13-9-6-8(15)2-3-11(9)17-12-4-5-16-7-10(12)13/h2-3,6,10,12-13,16-17H,4-5,7H2,1H3. The molecule has 0 spiro atoms.